The van der Waals surface area contributed by atoms with Crippen molar-refractivity contribution in [2.75, 3.05) is 0 Å². The second-order valence-electron chi connectivity index (χ2n) is 4.90. The second kappa shape index (κ2) is 5.87. The minimum atomic E-state index is -0.577. The van der Waals surface area contributed by atoms with Crippen molar-refractivity contribution in [3.8, 4) is 0 Å². The number of ether oxygens (including phenoxy) is 1. The third-order valence-corrected chi connectivity index (χ3v) is 3.31. The SMILES string of the molecule is NC1(NC(=O)OCc2ccccc2)CCCCC1. The van der Waals surface area contributed by atoms with E-state index in [9.17, 15) is 4.79 Å². The van der Waals surface area contributed by atoms with Crippen LogP contribution >= 0.6 is 0 Å². The average Bonchev–Trinajstić information content (AvgIpc) is 2.38. The van der Waals surface area contributed by atoms with Gasteiger partial charge in [-0.25, -0.2) is 4.79 Å². The van der Waals surface area contributed by atoms with E-state index in [1.54, 1.807) is 0 Å². The molecule has 4 nitrogen and oxygen atoms in total. The van der Waals surface area contributed by atoms with Crippen molar-refractivity contribution in [2.45, 2.75) is 44.4 Å². The van der Waals surface area contributed by atoms with Crippen molar-refractivity contribution in [3.63, 3.8) is 0 Å². The molecule has 3 N–H and O–H groups in total. The first-order valence-electron chi connectivity index (χ1n) is 6.46. The van der Waals surface area contributed by atoms with E-state index in [1.165, 1.54) is 6.42 Å². The average molecular weight is 248 g/mol. The molecule has 0 atom stereocenters. The number of carbonyl (C=O) groups excluding carboxylic acids is 1. The molecule has 1 aliphatic carbocycles. The van der Waals surface area contributed by atoms with Crippen LogP contribution in [0, 0.1) is 0 Å². The molecule has 0 aliphatic heterocycles. The van der Waals surface area contributed by atoms with Crippen LogP contribution in [-0.4, -0.2) is 11.8 Å². The molecule has 0 saturated heterocycles. The summed E-state index contributed by atoms with van der Waals surface area (Å²) in [7, 11) is 0. The van der Waals surface area contributed by atoms with Crippen LogP contribution in [0.5, 0.6) is 0 Å². The van der Waals surface area contributed by atoms with Gasteiger partial charge in [-0.3, -0.25) is 0 Å². The van der Waals surface area contributed by atoms with E-state index < -0.39 is 11.8 Å². The highest BCUT2D eigenvalue weighted by Gasteiger charge is 2.29. The first-order chi connectivity index (χ1) is 8.68. The molecule has 2 rings (SSSR count). The van der Waals surface area contributed by atoms with E-state index in [0.29, 0.717) is 0 Å². The Balaban J connectivity index is 1.78. The zero-order valence-electron chi connectivity index (χ0n) is 10.5. The van der Waals surface area contributed by atoms with Crippen molar-refractivity contribution >= 4 is 6.09 Å². The molecule has 1 amide bonds. The number of amides is 1. The van der Waals surface area contributed by atoms with E-state index >= 15 is 0 Å². The van der Waals surface area contributed by atoms with Gasteiger partial charge in [0.05, 0.1) is 5.66 Å². The van der Waals surface area contributed by atoms with Crippen LogP contribution in [0.2, 0.25) is 0 Å². The molecule has 4 heteroatoms. The molecule has 0 unspecified atom stereocenters. The quantitative estimate of drug-likeness (QED) is 0.808. The molecule has 1 aliphatic rings. The molecule has 0 spiro atoms. The number of nitrogens with two attached hydrogens (primary N) is 1. The van der Waals surface area contributed by atoms with Gasteiger partial charge in [0.25, 0.3) is 0 Å². The first-order valence-corrected chi connectivity index (χ1v) is 6.46. The smallest absolute Gasteiger partial charge is 0.408 e. The molecule has 0 aromatic heterocycles. The summed E-state index contributed by atoms with van der Waals surface area (Å²) in [6, 6.07) is 9.61. The lowest BCUT2D eigenvalue weighted by molar-refractivity contribution is 0.118. The number of carbonyl (C=O) groups is 1. The Morgan fingerprint density at radius 3 is 2.56 bits per heavy atom. The predicted molar refractivity (Wildman–Crippen MR) is 69.8 cm³/mol. The fourth-order valence-electron chi connectivity index (χ4n) is 2.27. The van der Waals surface area contributed by atoms with Crippen LogP contribution in [0.25, 0.3) is 0 Å². The van der Waals surface area contributed by atoms with Crippen LogP contribution < -0.4 is 11.1 Å². The van der Waals surface area contributed by atoms with Crippen molar-refractivity contribution in [1.82, 2.24) is 5.32 Å². The number of hydrogen-bond acceptors (Lipinski definition) is 3. The lowest BCUT2D eigenvalue weighted by Crippen LogP contribution is -2.56. The van der Waals surface area contributed by atoms with Crippen LogP contribution in [0.15, 0.2) is 30.3 Å². The van der Waals surface area contributed by atoms with Crippen molar-refractivity contribution in [1.29, 1.82) is 0 Å². The van der Waals surface area contributed by atoms with E-state index in [2.05, 4.69) is 5.32 Å². The number of nitrogens with one attached hydrogen (secondary N) is 1. The number of benzene rings is 1. The number of hydrogen-bond donors (Lipinski definition) is 2. The zero-order chi connectivity index (χ0) is 12.8. The lowest BCUT2D eigenvalue weighted by atomic mass is 9.90. The van der Waals surface area contributed by atoms with Crippen molar-refractivity contribution in [2.24, 2.45) is 5.73 Å². The molecule has 18 heavy (non-hydrogen) atoms. The maximum absolute atomic E-state index is 11.7. The fraction of sp³-hybridized carbons (Fsp3) is 0.500. The summed E-state index contributed by atoms with van der Waals surface area (Å²) in [5.74, 6) is 0. The lowest BCUT2D eigenvalue weighted by Gasteiger charge is -2.33. The third kappa shape index (κ3) is 3.74. The molecular weight excluding hydrogens is 228 g/mol. The number of alkyl carbamates (subject to hydrolysis) is 1. The maximum atomic E-state index is 11.7. The maximum Gasteiger partial charge on any atom is 0.408 e. The highest BCUT2D eigenvalue weighted by atomic mass is 16.5. The summed E-state index contributed by atoms with van der Waals surface area (Å²) in [4.78, 5) is 11.7. The normalized spacial score (nSPS) is 18.1. The molecule has 1 fully saturated rings. The number of rotatable bonds is 3. The van der Waals surface area contributed by atoms with E-state index in [-0.39, 0.29) is 6.61 Å². The monoisotopic (exact) mass is 248 g/mol. The van der Waals surface area contributed by atoms with Gasteiger partial charge in [-0.2, -0.15) is 0 Å². The Kier molecular flexibility index (Phi) is 4.20. The van der Waals surface area contributed by atoms with Gasteiger partial charge in [0.2, 0.25) is 0 Å². The molecule has 1 aromatic rings. The largest absolute Gasteiger partial charge is 0.445 e. The third-order valence-electron chi connectivity index (χ3n) is 3.31. The summed E-state index contributed by atoms with van der Waals surface area (Å²) in [6.07, 6.45) is 4.55. The molecule has 1 saturated carbocycles. The van der Waals surface area contributed by atoms with E-state index in [1.807, 2.05) is 30.3 Å². The second-order valence-corrected chi connectivity index (χ2v) is 4.90. The first kappa shape index (κ1) is 12.9. The Hall–Kier alpha value is -1.55. The van der Waals surface area contributed by atoms with Gasteiger partial charge in [-0.15, -0.1) is 0 Å². The Labute approximate surface area is 108 Å². The minimum absolute atomic E-state index is 0.281. The Bertz CT molecular complexity index is 386. The zero-order valence-corrected chi connectivity index (χ0v) is 10.5. The molecule has 0 radical (unpaired) electrons. The molecule has 0 heterocycles. The highest BCUT2D eigenvalue weighted by Crippen LogP contribution is 2.23. The summed E-state index contributed by atoms with van der Waals surface area (Å²) in [6.45, 7) is 0.281. The highest BCUT2D eigenvalue weighted by molar-refractivity contribution is 5.68. The van der Waals surface area contributed by atoms with Gasteiger partial charge in [-0.05, 0) is 31.2 Å². The van der Waals surface area contributed by atoms with Gasteiger partial charge < -0.3 is 15.8 Å². The summed E-state index contributed by atoms with van der Waals surface area (Å²) in [5, 5.41) is 2.78. The predicted octanol–water partition coefficient (Wildman–Crippen LogP) is 2.53. The summed E-state index contributed by atoms with van der Waals surface area (Å²) >= 11 is 0. The summed E-state index contributed by atoms with van der Waals surface area (Å²) in [5.41, 5.74) is 6.51. The fourth-order valence-corrected chi connectivity index (χ4v) is 2.27. The van der Waals surface area contributed by atoms with Gasteiger partial charge >= 0.3 is 6.09 Å². The van der Waals surface area contributed by atoms with Crippen LogP contribution in [0.3, 0.4) is 0 Å². The van der Waals surface area contributed by atoms with Crippen molar-refractivity contribution in [3.05, 3.63) is 35.9 Å². The summed E-state index contributed by atoms with van der Waals surface area (Å²) < 4.78 is 5.17. The Morgan fingerprint density at radius 2 is 1.89 bits per heavy atom. The standard InChI is InChI=1S/C14H20N2O2/c15-14(9-5-2-6-10-14)16-13(17)18-11-12-7-3-1-4-8-12/h1,3-4,7-8H,2,5-6,9-11,15H2,(H,16,17). The van der Waals surface area contributed by atoms with Crippen molar-refractivity contribution < 1.29 is 9.53 Å². The minimum Gasteiger partial charge on any atom is -0.445 e. The van der Waals surface area contributed by atoms with Gasteiger partial charge in [0, 0.05) is 0 Å². The van der Waals surface area contributed by atoms with Gasteiger partial charge in [0.15, 0.2) is 0 Å². The van der Waals surface area contributed by atoms with Crippen LogP contribution in [0.4, 0.5) is 4.79 Å². The van der Waals surface area contributed by atoms with E-state index in [0.717, 1.165) is 31.2 Å². The van der Waals surface area contributed by atoms with Gasteiger partial charge in [0.1, 0.15) is 6.61 Å². The van der Waals surface area contributed by atoms with Crippen LogP contribution in [0.1, 0.15) is 37.7 Å². The van der Waals surface area contributed by atoms with Crippen LogP contribution in [-0.2, 0) is 11.3 Å². The molecule has 0 bridgehead atoms. The molecule has 98 valence electrons. The molecule has 1 aromatic carbocycles. The van der Waals surface area contributed by atoms with Gasteiger partial charge in [-0.1, -0.05) is 36.8 Å². The van der Waals surface area contributed by atoms with E-state index in [4.69, 9.17) is 10.5 Å². The molecular formula is C14H20N2O2. The topological polar surface area (TPSA) is 64.3 Å². The Morgan fingerprint density at radius 1 is 1.22 bits per heavy atom.